The predicted molar refractivity (Wildman–Crippen MR) is 137 cm³/mol. The number of para-hydroxylation sites is 1. The minimum Gasteiger partial charge on any atom is -0.466 e. The SMILES string of the molecule is C=CCN(C(=O)C1N([C@H](C)CO)C(=O)[C@@H]2[C@H](C(=O)OCC)[C@]3(C)CCC12S3)c1c(C)cccc1C. The fourth-order valence-electron chi connectivity index (χ4n) is 6.59. The number of hydrogen-bond donors (Lipinski definition) is 1. The van der Waals surface area contributed by atoms with Gasteiger partial charge in [-0.2, -0.15) is 0 Å². The summed E-state index contributed by atoms with van der Waals surface area (Å²) in [6, 6.07) is 4.53. The largest absolute Gasteiger partial charge is 0.466 e. The van der Waals surface area contributed by atoms with Gasteiger partial charge in [0.15, 0.2) is 0 Å². The van der Waals surface area contributed by atoms with Crippen molar-refractivity contribution in [2.45, 2.75) is 69.0 Å². The summed E-state index contributed by atoms with van der Waals surface area (Å²) in [7, 11) is 0. The first kappa shape index (κ1) is 25.8. The number of amides is 2. The number of aliphatic hydroxyl groups is 1. The van der Waals surface area contributed by atoms with Crippen LogP contribution in [0.2, 0.25) is 0 Å². The minimum absolute atomic E-state index is 0.195. The van der Waals surface area contributed by atoms with Crippen LogP contribution in [0, 0.1) is 25.7 Å². The topological polar surface area (TPSA) is 87.2 Å². The average molecular weight is 501 g/mol. The van der Waals surface area contributed by atoms with Gasteiger partial charge in [0.1, 0.15) is 6.04 Å². The van der Waals surface area contributed by atoms with Crippen molar-refractivity contribution in [2.24, 2.45) is 11.8 Å². The van der Waals surface area contributed by atoms with E-state index in [1.54, 1.807) is 41.5 Å². The fraction of sp³-hybridized carbons (Fsp3) is 0.593. The van der Waals surface area contributed by atoms with E-state index in [-0.39, 0.29) is 31.0 Å². The Labute approximate surface area is 211 Å². The van der Waals surface area contributed by atoms with Gasteiger partial charge < -0.3 is 19.6 Å². The second-order valence-corrected chi connectivity index (χ2v) is 12.1. The van der Waals surface area contributed by atoms with Crippen molar-refractivity contribution in [1.82, 2.24) is 4.90 Å². The zero-order chi connectivity index (χ0) is 25.7. The molecule has 0 aromatic heterocycles. The number of hydrogen-bond acceptors (Lipinski definition) is 6. The van der Waals surface area contributed by atoms with Crippen molar-refractivity contribution < 1.29 is 24.2 Å². The molecule has 8 heteroatoms. The standard InChI is InChI=1S/C27H36N2O5S/c1-7-14-28(21-16(3)10-9-11-17(21)4)24(32)22-27-13-12-26(6,35-27)20(25(33)34-8-2)19(27)23(31)29(22)18(5)15-30/h7,9-11,18-20,22,30H,1,8,12-15H2,2-6H3/t18-,19+,20-,22?,26+,27?/m1/s1. The summed E-state index contributed by atoms with van der Waals surface area (Å²) in [5.74, 6) is -2.08. The van der Waals surface area contributed by atoms with Gasteiger partial charge >= 0.3 is 5.97 Å². The number of ether oxygens (including phenoxy) is 1. The first-order valence-electron chi connectivity index (χ1n) is 12.4. The van der Waals surface area contributed by atoms with Gasteiger partial charge in [0.05, 0.1) is 35.8 Å². The monoisotopic (exact) mass is 500 g/mol. The number of esters is 1. The van der Waals surface area contributed by atoms with Crippen LogP contribution in [0.3, 0.4) is 0 Å². The van der Waals surface area contributed by atoms with E-state index in [4.69, 9.17) is 4.74 Å². The zero-order valence-corrected chi connectivity index (χ0v) is 22.1. The number of nitrogens with zero attached hydrogens (tertiary/aromatic N) is 2. The number of carbonyl (C=O) groups excluding carboxylic acids is 3. The van der Waals surface area contributed by atoms with Crippen LogP contribution in [0.5, 0.6) is 0 Å². The molecule has 7 nitrogen and oxygen atoms in total. The Bertz CT molecular complexity index is 1040. The van der Waals surface area contributed by atoms with Crippen molar-refractivity contribution >= 4 is 35.2 Å². The molecule has 1 aromatic rings. The molecule has 1 spiro atoms. The number of aliphatic hydroxyl groups excluding tert-OH is 1. The van der Waals surface area contributed by atoms with Crippen LogP contribution < -0.4 is 4.90 Å². The molecule has 2 unspecified atom stereocenters. The molecule has 3 heterocycles. The summed E-state index contributed by atoms with van der Waals surface area (Å²) in [6.45, 7) is 13.6. The fourth-order valence-corrected chi connectivity index (χ4v) is 8.92. The molecule has 1 N–H and O–H groups in total. The summed E-state index contributed by atoms with van der Waals surface area (Å²) in [4.78, 5) is 44.9. The van der Waals surface area contributed by atoms with Crippen molar-refractivity contribution in [3.05, 3.63) is 42.0 Å². The van der Waals surface area contributed by atoms with Crippen LogP contribution in [-0.4, -0.2) is 69.1 Å². The average Bonchev–Trinajstić information content (AvgIpc) is 3.38. The van der Waals surface area contributed by atoms with Gasteiger partial charge in [-0.25, -0.2) is 0 Å². The van der Waals surface area contributed by atoms with Crippen molar-refractivity contribution in [3.63, 3.8) is 0 Å². The first-order chi connectivity index (χ1) is 16.6. The molecular weight excluding hydrogens is 464 g/mol. The molecule has 3 saturated heterocycles. The second kappa shape index (κ2) is 9.28. The number of aryl methyl sites for hydroxylation is 2. The lowest BCUT2D eigenvalue weighted by Gasteiger charge is -2.39. The molecule has 2 bridgehead atoms. The van der Waals surface area contributed by atoms with Crippen LogP contribution in [0.4, 0.5) is 5.69 Å². The Kier molecular flexibility index (Phi) is 6.83. The lowest BCUT2D eigenvalue weighted by molar-refractivity contribution is -0.155. The third kappa shape index (κ3) is 3.71. The highest BCUT2D eigenvalue weighted by Gasteiger charge is 2.78. The van der Waals surface area contributed by atoms with Crippen LogP contribution in [0.25, 0.3) is 0 Å². The maximum Gasteiger partial charge on any atom is 0.311 e. The van der Waals surface area contributed by atoms with Crippen LogP contribution in [0.1, 0.15) is 44.7 Å². The Hall–Kier alpha value is -2.32. The molecule has 0 radical (unpaired) electrons. The number of likely N-dealkylation sites (tertiary alicyclic amines) is 1. The molecule has 1 aromatic carbocycles. The van der Waals surface area contributed by atoms with Gasteiger partial charge in [-0.3, -0.25) is 14.4 Å². The summed E-state index contributed by atoms with van der Waals surface area (Å²) >= 11 is 1.61. The molecule has 2 amide bonds. The molecule has 190 valence electrons. The number of carbonyl (C=O) groups is 3. The van der Waals surface area contributed by atoms with Gasteiger partial charge in [-0.1, -0.05) is 24.3 Å². The first-order valence-corrected chi connectivity index (χ1v) is 13.2. The molecular formula is C27H36N2O5S. The third-order valence-corrected chi connectivity index (χ3v) is 10.0. The molecule has 0 aliphatic carbocycles. The van der Waals surface area contributed by atoms with Crippen LogP contribution >= 0.6 is 11.8 Å². The molecule has 3 fully saturated rings. The quantitative estimate of drug-likeness (QED) is 0.436. The van der Waals surface area contributed by atoms with Crippen molar-refractivity contribution in [2.75, 3.05) is 24.7 Å². The van der Waals surface area contributed by atoms with E-state index < -0.39 is 33.4 Å². The lowest BCUT2D eigenvalue weighted by atomic mass is 9.66. The zero-order valence-electron chi connectivity index (χ0n) is 21.2. The van der Waals surface area contributed by atoms with Crippen molar-refractivity contribution in [3.8, 4) is 0 Å². The van der Waals surface area contributed by atoms with E-state index in [1.807, 2.05) is 39.0 Å². The van der Waals surface area contributed by atoms with Gasteiger partial charge in [-0.05, 0) is 58.6 Å². The highest BCUT2D eigenvalue weighted by atomic mass is 32.2. The van der Waals surface area contributed by atoms with Gasteiger partial charge in [0.25, 0.3) is 5.91 Å². The van der Waals surface area contributed by atoms with E-state index in [0.29, 0.717) is 13.0 Å². The van der Waals surface area contributed by atoms with Crippen LogP contribution in [-0.2, 0) is 19.1 Å². The van der Waals surface area contributed by atoms with E-state index in [9.17, 15) is 19.5 Å². The molecule has 3 aliphatic heterocycles. The lowest BCUT2D eigenvalue weighted by Crippen LogP contribution is -2.57. The maximum atomic E-state index is 14.5. The van der Waals surface area contributed by atoms with E-state index >= 15 is 0 Å². The second-order valence-electron chi connectivity index (χ2n) is 10.2. The van der Waals surface area contributed by atoms with E-state index in [1.165, 1.54) is 0 Å². The van der Waals surface area contributed by atoms with E-state index in [0.717, 1.165) is 23.2 Å². The van der Waals surface area contributed by atoms with Crippen molar-refractivity contribution in [1.29, 1.82) is 0 Å². The number of rotatable bonds is 8. The number of thioether (sulfide) groups is 1. The molecule has 4 rings (SSSR count). The highest BCUT2D eigenvalue weighted by molar-refractivity contribution is 8.02. The molecule has 0 saturated carbocycles. The van der Waals surface area contributed by atoms with E-state index in [2.05, 4.69) is 6.58 Å². The smallest absolute Gasteiger partial charge is 0.311 e. The molecule has 35 heavy (non-hydrogen) atoms. The third-order valence-electron chi connectivity index (χ3n) is 8.02. The van der Waals surface area contributed by atoms with Gasteiger partial charge in [-0.15, -0.1) is 18.3 Å². The van der Waals surface area contributed by atoms with Gasteiger partial charge in [0, 0.05) is 17.0 Å². The predicted octanol–water partition coefficient (Wildman–Crippen LogP) is 3.25. The molecule has 6 atom stereocenters. The summed E-state index contributed by atoms with van der Waals surface area (Å²) in [5.41, 5.74) is 2.73. The minimum atomic E-state index is -0.799. The normalized spacial score (nSPS) is 31.9. The van der Waals surface area contributed by atoms with Crippen LogP contribution in [0.15, 0.2) is 30.9 Å². The Balaban J connectivity index is 1.86. The maximum absolute atomic E-state index is 14.5. The number of anilines is 1. The Morgan fingerprint density at radius 1 is 1.34 bits per heavy atom. The molecule has 3 aliphatic rings. The summed E-state index contributed by atoms with van der Waals surface area (Å²) < 4.78 is 4.20. The Morgan fingerprint density at radius 2 is 2.00 bits per heavy atom. The number of benzene rings is 1. The summed E-state index contributed by atoms with van der Waals surface area (Å²) in [6.07, 6.45) is 3.07. The Morgan fingerprint density at radius 3 is 2.57 bits per heavy atom. The summed E-state index contributed by atoms with van der Waals surface area (Å²) in [5, 5.41) is 10.1. The number of fused-ring (bicyclic) bond motifs is 1. The highest BCUT2D eigenvalue weighted by Crippen LogP contribution is 2.71. The van der Waals surface area contributed by atoms with Gasteiger partial charge in [0.2, 0.25) is 5.91 Å².